The number of hydrogen-bond acceptors (Lipinski definition) is 4. The molecule has 66 valence electrons. The Labute approximate surface area is 73.8 Å². The first kappa shape index (κ1) is 7.66. The summed E-state index contributed by atoms with van der Waals surface area (Å²) in [7, 11) is 1.74. The van der Waals surface area contributed by atoms with Crippen LogP contribution in [0.4, 0.5) is 0 Å². The molecule has 0 amide bonds. The van der Waals surface area contributed by atoms with Gasteiger partial charge in [0.2, 0.25) is 0 Å². The van der Waals surface area contributed by atoms with Crippen LogP contribution < -0.4 is 0 Å². The molecular formula is C7H7N5O. The van der Waals surface area contributed by atoms with E-state index in [0.29, 0.717) is 11.4 Å². The highest BCUT2D eigenvalue weighted by molar-refractivity contribution is 5.79. The number of hydrogen-bond donors (Lipinski definition) is 0. The van der Waals surface area contributed by atoms with Crippen LogP contribution in [0.15, 0.2) is 18.9 Å². The average Bonchev–Trinajstić information content (AvgIpc) is 2.71. The zero-order valence-corrected chi connectivity index (χ0v) is 6.95. The summed E-state index contributed by atoms with van der Waals surface area (Å²) in [6.07, 6.45) is 5.26. The predicted molar refractivity (Wildman–Crippen MR) is 43.5 cm³/mol. The minimum absolute atomic E-state index is 0.494. The number of carbonyl (C=O) groups excluding carboxylic acids is 1. The quantitative estimate of drug-likeness (QED) is 0.596. The Morgan fingerprint density at radius 1 is 1.54 bits per heavy atom. The molecule has 2 aromatic rings. The van der Waals surface area contributed by atoms with Gasteiger partial charge in [-0.1, -0.05) is 0 Å². The Balaban J connectivity index is 2.56. The van der Waals surface area contributed by atoms with E-state index in [-0.39, 0.29) is 0 Å². The Morgan fingerprint density at radius 2 is 2.38 bits per heavy atom. The fourth-order valence-corrected chi connectivity index (χ4v) is 1.07. The van der Waals surface area contributed by atoms with Gasteiger partial charge in [0.25, 0.3) is 0 Å². The standard InChI is InChI=1S/C7H7N5O/c1-11-2-6(3-13)7(10-11)12-5-8-4-9-12/h2-5H,1H3. The molecule has 0 saturated heterocycles. The Morgan fingerprint density at radius 3 is 3.00 bits per heavy atom. The van der Waals surface area contributed by atoms with Crippen molar-refractivity contribution < 1.29 is 4.79 Å². The Bertz CT molecular complexity index is 416. The van der Waals surface area contributed by atoms with Gasteiger partial charge in [0.05, 0.1) is 5.56 Å². The molecule has 0 aromatic carbocycles. The average molecular weight is 177 g/mol. The van der Waals surface area contributed by atoms with Crippen LogP contribution in [0.3, 0.4) is 0 Å². The van der Waals surface area contributed by atoms with E-state index in [4.69, 9.17) is 0 Å². The zero-order valence-electron chi connectivity index (χ0n) is 6.95. The predicted octanol–water partition coefficient (Wildman–Crippen LogP) is -0.187. The summed E-state index contributed by atoms with van der Waals surface area (Å²) in [5, 5.41) is 7.95. The number of rotatable bonds is 2. The molecule has 0 unspecified atom stereocenters. The largest absolute Gasteiger partial charge is 0.298 e. The highest BCUT2D eigenvalue weighted by atomic mass is 16.1. The molecule has 0 radical (unpaired) electrons. The molecule has 0 N–H and O–H groups in total. The fraction of sp³-hybridized carbons (Fsp3) is 0.143. The van der Waals surface area contributed by atoms with E-state index in [1.165, 1.54) is 17.3 Å². The molecule has 0 fully saturated rings. The molecule has 0 saturated carbocycles. The number of carbonyl (C=O) groups is 1. The molecular weight excluding hydrogens is 170 g/mol. The molecule has 6 nitrogen and oxygen atoms in total. The highest BCUT2D eigenvalue weighted by Crippen LogP contribution is 2.06. The lowest BCUT2D eigenvalue weighted by molar-refractivity contribution is 0.112. The molecule has 0 bridgehead atoms. The second-order valence-corrected chi connectivity index (χ2v) is 2.54. The SMILES string of the molecule is Cn1cc(C=O)c(-n2cncn2)n1. The van der Waals surface area contributed by atoms with Crippen molar-refractivity contribution in [1.82, 2.24) is 24.5 Å². The third-order valence-corrected chi connectivity index (χ3v) is 1.60. The van der Waals surface area contributed by atoms with Crippen LogP contribution in [-0.2, 0) is 7.05 Å². The molecule has 0 aliphatic heterocycles. The van der Waals surface area contributed by atoms with Crippen LogP contribution >= 0.6 is 0 Å². The first-order valence-corrected chi connectivity index (χ1v) is 3.65. The maximum Gasteiger partial charge on any atom is 0.187 e. The topological polar surface area (TPSA) is 65.6 Å². The molecule has 0 aliphatic carbocycles. The zero-order chi connectivity index (χ0) is 9.26. The van der Waals surface area contributed by atoms with Crippen molar-refractivity contribution in [2.24, 2.45) is 7.05 Å². The Hall–Kier alpha value is -1.98. The monoisotopic (exact) mass is 177 g/mol. The van der Waals surface area contributed by atoms with Crippen LogP contribution in [0.25, 0.3) is 5.82 Å². The second kappa shape index (κ2) is 2.81. The van der Waals surface area contributed by atoms with E-state index in [1.54, 1.807) is 17.9 Å². The van der Waals surface area contributed by atoms with Gasteiger partial charge in [0, 0.05) is 13.2 Å². The van der Waals surface area contributed by atoms with Crippen molar-refractivity contribution >= 4 is 6.29 Å². The minimum Gasteiger partial charge on any atom is -0.298 e. The van der Waals surface area contributed by atoms with Crippen molar-refractivity contribution in [2.45, 2.75) is 0 Å². The molecule has 0 aliphatic rings. The van der Waals surface area contributed by atoms with Crippen LogP contribution in [-0.4, -0.2) is 30.8 Å². The minimum atomic E-state index is 0.494. The lowest BCUT2D eigenvalue weighted by atomic mass is 10.4. The van der Waals surface area contributed by atoms with E-state index in [1.807, 2.05) is 0 Å². The smallest absolute Gasteiger partial charge is 0.187 e. The van der Waals surface area contributed by atoms with Gasteiger partial charge < -0.3 is 0 Å². The summed E-state index contributed by atoms with van der Waals surface area (Å²) in [5.74, 6) is 0.495. The molecule has 0 atom stereocenters. The molecule has 13 heavy (non-hydrogen) atoms. The van der Waals surface area contributed by atoms with Crippen LogP contribution in [0.1, 0.15) is 10.4 Å². The third kappa shape index (κ3) is 1.22. The van der Waals surface area contributed by atoms with Crippen LogP contribution in [0.2, 0.25) is 0 Å². The van der Waals surface area contributed by atoms with Crippen LogP contribution in [0.5, 0.6) is 0 Å². The van der Waals surface area contributed by atoms with Gasteiger partial charge >= 0.3 is 0 Å². The van der Waals surface area contributed by atoms with Gasteiger partial charge in [-0.2, -0.15) is 10.2 Å². The number of aryl methyl sites for hydroxylation is 1. The van der Waals surface area contributed by atoms with E-state index in [9.17, 15) is 4.79 Å². The summed E-state index contributed by atoms with van der Waals surface area (Å²) in [4.78, 5) is 14.4. The van der Waals surface area contributed by atoms with Gasteiger partial charge in [-0.05, 0) is 0 Å². The summed E-state index contributed by atoms with van der Waals surface area (Å²) >= 11 is 0. The van der Waals surface area contributed by atoms with Crippen molar-refractivity contribution in [3.8, 4) is 5.82 Å². The van der Waals surface area contributed by atoms with Gasteiger partial charge in [-0.3, -0.25) is 9.48 Å². The summed E-state index contributed by atoms with van der Waals surface area (Å²) in [5.41, 5.74) is 0.494. The van der Waals surface area contributed by atoms with Gasteiger partial charge in [0.1, 0.15) is 12.7 Å². The van der Waals surface area contributed by atoms with Crippen molar-refractivity contribution in [2.75, 3.05) is 0 Å². The molecule has 2 rings (SSSR count). The van der Waals surface area contributed by atoms with Crippen molar-refractivity contribution in [3.63, 3.8) is 0 Å². The molecule has 2 aromatic heterocycles. The van der Waals surface area contributed by atoms with Gasteiger partial charge in [0.15, 0.2) is 12.1 Å². The maximum atomic E-state index is 10.6. The van der Waals surface area contributed by atoms with E-state index < -0.39 is 0 Å². The first-order valence-electron chi connectivity index (χ1n) is 3.65. The number of nitrogens with zero attached hydrogens (tertiary/aromatic N) is 5. The lowest BCUT2D eigenvalue weighted by Gasteiger charge is -1.93. The third-order valence-electron chi connectivity index (χ3n) is 1.60. The molecule has 2 heterocycles. The number of aldehydes is 1. The summed E-state index contributed by atoms with van der Waals surface area (Å²) < 4.78 is 3.00. The second-order valence-electron chi connectivity index (χ2n) is 2.54. The fourth-order valence-electron chi connectivity index (χ4n) is 1.07. The van der Waals surface area contributed by atoms with E-state index in [2.05, 4.69) is 15.2 Å². The number of aromatic nitrogens is 5. The van der Waals surface area contributed by atoms with Crippen molar-refractivity contribution in [3.05, 3.63) is 24.4 Å². The summed E-state index contributed by atoms with van der Waals surface area (Å²) in [6, 6.07) is 0. The lowest BCUT2D eigenvalue weighted by Crippen LogP contribution is -1.99. The highest BCUT2D eigenvalue weighted by Gasteiger charge is 2.08. The van der Waals surface area contributed by atoms with Crippen LogP contribution in [0, 0.1) is 0 Å². The van der Waals surface area contributed by atoms with Gasteiger partial charge in [-0.15, -0.1) is 0 Å². The van der Waals surface area contributed by atoms with E-state index in [0.717, 1.165) is 6.29 Å². The summed E-state index contributed by atoms with van der Waals surface area (Å²) in [6.45, 7) is 0. The van der Waals surface area contributed by atoms with Crippen molar-refractivity contribution in [1.29, 1.82) is 0 Å². The normalized spacial score (nSPS) is 10.2. The Kier molecular flexibility index (Phi) is 1.66. The maximum absolute atomic E-state index is 10.6. The van der Waals surface area contributed by atoms with E-state index >= 15 is 0 Å². The van der Waals surface area contributed by atoms with Gasteiger partial charge in [-0.25, -0.2) is 9.67 Å². The molecule has 6 heteroatoms. The first-order chi connectivity index (χ1) is 6.31. The molecule has 0 spiro atoms.